The number of nitrogens with one attached hydrogen (secondary N) is 2. The number of anilines is 1. The molecule has 0 radical (unpaired) electrons. The second kappa shape index (κ2) is 9.46. The Morgan fingerprint density at radius 1 is 1.37 bits per heavy atom. The molecule has 1 fully saturated rings. The first-order valence-corrected chi connectivity index (χ1v) is 9.71. The number of hydrogen-bond acceptors (Lipinski definition) is 4. The number of hydrogen-bond donors (Lipinski definition) is 3. The fourth-order valence-electron chi connectivity index (χ4n) is 3.20. The van der Waals surface area contributed by atoms with Gasteiger partial charge in [0, 0.05) is 38.4 Å². The number of phenols is 1. The molecule has 1 aromatic heterocycles. The van der Waals surface area contributed by atoms with Gasteiger partial charge in [0.05, 0.1) is 5.02 Å². The lowest BCUT2D eigenvalue weighted by Crippen LogP contribution is -2.44. The van der Waals surface area contributed by atoms with Crippen LogP contribution in [0.3, 0.4) is 0 Å². The predicted octanol–water partition coefficient (Wildman–Crippen LogP) is 2.82. The van der Waals surface area contributed by atoms with Crippen molar-refractivity contribution < 1.29 is 5.11 Å². The van der Waals surface area contributed by atoms with Crippen LogP contribution in [0.4, 0.5) is 5.82 Å². The standard InChI is InChI=1S/C20H26ClN5O/c1-2-22-20(24-11-8-15-5-3-6-17(27)13-15)25-16-9-12-26(14-16)19-18(21)7-4-10-23-19/h3-7,10,13,16,27H,2,8-9,11-12,14H2,1H3,(H2,22,24,25). The Bertz CT molecular complexity index is 782. The van der Waals surface area contributed by atoms with Gasteiger partial charge in [-0.15, -0.1) is 0 Å². The normalized spacial score (nSPS) is 17.2. The zero-order valence-electron chi connectivity index (χ0n) is 15.5. The molecule has 0 spiro atoms. The lowest BCUT2D eigenvalue weighted by atomic mass is 10.1. The molecule has 2 aromatic rings. The van der Waals surface area contributed by atoms with E-state index in [-0.39, 0.29) is 0 Å². The Balaban J connectivity index is 1.55. The van der Waals surface area contributed by atoms with Crippen LogP contribution in [0.2, 0.25) is 5.02 Å². The number of benzene rings is 1. The van der Waals surface area contributed by atoms with E-state index in [1.165, 1.54) is 0 Å². The van der Waals surface area contributed by atoms with Gasteiger partial charge in [0.25, 0.3) is 0 Å². The highest BCUT2D eigenvalue weighted by Gasteiger charge is 2.25. The van der Waals surface area contributed by atoms with E-state index in [2.05, 4.69) is 32.4 Å². The predicted molar refractivity (Wildman–Crippen MR) is 111 cm³/mol. The number of guanidine groups is 1. The molecule has 27 heavy (non-hydrogen) atoms. The van der Waals surface area contributed by atoms with Gasteiger partial charge in [0.2, 0.25) is 0 Å². The smallest absolute Gasteiger partial charge is 0.191 e. The molecule has 7 heteroatoms. The number of aromatic hydroxyl groups is 1. The van der Waals surface area contributed by atoms with E-state index in [0.29, 0.717) is 23.4 Å². The quantitative estimate of drug-likeness (QED) is 0.525. The van der Waals surface area contributed by atoms with Crippen molar-refractivity contribution >= 4 is 23.4 Å². The van der Waals surface area contributed by atoms with Gasteiger partial charge in [0.15, 0.2) is 5.96 Å². The first-order valence-electron chi connectivity index (χ1n) is 9.34. The van der Waals surface area contributed by atoms with Crippen LogP contribution in [0.5, 0.6) is 5.75 Å². The highest BCUT2D eigenvalue weighted by molar-refractivity contribution is 6.32. The maximum atomic E-state index is 9.55. The zero-order valence-corrected chi connectivity index (χ0v) is 16.3. The maximum absolute atomic E-state index is 9.55. The minimum Gasteiger partial charge on any atom is -0.508 e. The molecule has 1 unspecified atom stereocenters. The highest BCUT2D eigenvalue weighted by atomic mass is 35.5. The van der Waals surface area contributed by atoms with Crippen LogP contribution in [0.1, 0.15) is 18.9 Å². The van der Waals surface area contributed by atoms with Crippen LogP contribution in [0.25, 0.3) is 0 Å². The second-order valence-electron chi connectivity index (χ2n) is 6.57. The van der Waals surface area contributed by atoms with E-state index in [4.69, 9.17) is 11.6 Å². The van der Waals surface area contributed by atoms with E-state index in [1.54, 1.807) is 18.3 Å². The second-order valence-corrected chi connectivity index (χ2v) is 6.97. The molecule has 0 aliphatic carbocycles. The van der Waals surface area contributed by atoms with Crippen LogP contribution < -0.4 is 15.5 Å². The van der Waals surface area contributed by atoms with Gasteiger partial charge in [0.1, 0.15) is 11.6 Å². The van der Waals surface area contributed by atoms with E-state index < -0.39 is 0 Å². The molecule has 0 amide bonds. The summed E-state index contributed by atoms with van der Waals surface area (Å²) in [4.78, 5) is 11.3. The molecule has 2 heterocycles. The number of aromatic nitrogens is 1. The number of halogens is 1. The summed E-state index contributed by atoms with van der Waals surface area (Å²) in [5, 5.41) is 17.1. The van der Waals surface area contributed by atoms with Crippen molar-refractivity contribution in [3.05, 3.63) is 53.2 Å². The van der Waals surface area contributed by atoms with Gasteiger partial charge in [-0.1, -0.05) is 23.7 Å². The van der Waals surface area contributed by atoms with Gasteiger partial charge >= 0.3 is 0 Å². The topological polar surface area (TPSA) is 72.8 Å². The van der Waals surface area contributed by atoms with E-state index in [9.17, 15) is 5.11 Å². The Labute approximate surface area is 165 Å². The Kier molecular flexibility index (Phi) is 6.76. The first kappa shape index (κ1) is 19.3. The van der Waals surface area contributed by atoms with E-state index in [0.717, 1.165) is 49.8 Å². The van der Waals surface area contributed by atoms with Gasteiger partial charge in [-0.25, -0.2) is 4.98 Å². The molecule has 144 valence electrons. The average molecular weight is 388 g/mol. The molecule has 6 nitrogen and oxygen atoms in total. The fourth-order valence-corrected chi connectivity index (χ4v) is 3.44. The Morgan fingerprint density at radius 3 is 3.04 bits per heavy atom. The first-order chi connectivity index (χ1) is 13.2. The molecule has 0 bridgehead atoms. The summed E-state index contributed by atoms with van der Waals surface area (Å²) >= 11 is 6.27. The third-order valence-electron chi connectivity index (χ3n) is 4.49. The summed E-state index contributed by atoms with van der Waals surface area (Å²) in [6.45, 7) is 5.27. The molecule has 1 aliphatic rings. The summed E-state index contributed by atoms with van der Waals surface area (Å²) < 4.78 is 0. The minimum absolute atomic E-state index is 0.292. The molecule has 3 N–H and O–H groups in total. The highest BCUT2D eigenvalue weighted by Crippen LogP contribution is 2.25. The Morgan fingerprint density at radius 2 is 2.26 bits per heavy atom. The molecular formula is C20H26ClN5O. The van der Waals surface area contributed by atoms with Gasteiger partial charge in [-0.05, 0) is 49.6 Å². The molecule has 1 saturated heterocycles. The van der Waals surface area contributed by atoms with Crippen LogP contribution in [0.15, 0.2) is 47.6 Å². The van der Waals surface area contributed by atoms with Crippen molar-refractivity contribution in [2.24, 2.45) is 4.99 Å². The van der Waals surface area contributed by atoms with Crippen molar-refractivity contribution in [3.63, 3.8) is 0 Å². The van der Waals surface area contributed by atoms with Crippen LogP contribution >= 0.6 is 11.6 Å². The Hall–Kier alpha value is -2.47. The van der Waals surface area contributed by atoms with Crippen molar-refractivity contribution in [2.45, 2.75) is 25.8 Å². The molecule has 0 saturated carbocycles. The minimum atomic E-state index is 0.292. The third-order valence-corrected chi connectivity index (χ3v) is 4.79. The monoisotopic (exact) mass is 387 g/mol. The van der Waals surface area contributed by atoms with Crippen LogP contribution in [0, 0.1) is 0 Å². The van der Waals surface area contributed by atoms with E-state index >= 15 is 0 Å². The van der Waals surface area contributed by atoms with Crippen molar-refractivity contribution in [1.29, 1.82) is 0 Å². The van der Waals surface area contributed by atoms with Crippen LogP contribution in [-0.4, -0.2) is 48.3 Å². The number of aliphatic imine (C=N–C) groups is 1. The van der Waals surface area contributed by atoms with Gasteiger partial charge in [-0.3, -0.25) is 4.99 Å². The fraction of sp³-hybridized carbons (Fsp3) is 0.400. The third kappa shape index (κ3) is 5.50. The van der Waals surface area contributed by atoms with Gasteiger partial charge < -0.3 is 20.6 Å². The lowest BCUT2D eigenvalue weighted by molar-refractivity contribution is 0.474. The maximum Gasteiger partial charge on any atom is 0.191 e. The SMILES string of the molecule is CCNC(=NCCc1cccc(O)c1)NC1CCN(c2ncccc2Cl)C1. The molecule has 1 atom stereocenters. The van der Waals surface area contributed by atoms with Crippen molar-refractivity contribution in [2.75, 3.05) is 31.1 Å². The van der Waals surface area contributed by atoms with Crippen molar-refractivity contribution in [3.8, 4) is 5.75 Å². The lowest BCUT2D eigenvalue weighted by Gasteiger charge is -2.20. The van der Waals surface area contributed by atoms with E-state index in [1.807, 2.05) is 24.3 Å². The summed E-state index contributed by atoms with van der Waals surface area (Å²) in [5.74, 6) is 1.95. The molecule has 3 rings (SSSR count). The zero-order chi connectivity index (χ0) is 19.1. The molecule has 1 aromatic carbocycles. The largest absolute Gasteiger partial charge is 0.508 e. The summed E-state index contributed by atoms with van der Waals surface area (Å²) in [7, 11) is 0. The number of rotatable bonds is 6. The van der Waals surface area contributed by atoms with Crippen molar-refractivity contribution in [1.82, 2.24) is 15.6 Å². The summed E-state index contributed by atoms with van der Waals surface area (Å²) in [6.07, 6.45) is 3.56. The molecular weight excluding hydrogens is 362 g/mol. The summed E-state index contributed by atoms with van der Waals surface area (Å²) in [5.41, 5.74) is 1.08. The number of pyridine rings is 1. The molecule has 1 aliphatic heterocycles. The summed E-state index contributed by atoms with van der Waals surface area (Å²) in [6, 6.07) is 11.3. The number of nitrogens with zero attached hydrogens (tertiary/aromatic N) is 3. The number of phenolic OH excluding ortho intramolecular Hbond substituents is 1. The van der Waals surface area contributed by atoms with Crippen LogP contribution in [-0.2, 0) is 6.42 Å². The average Bonchev–Trinajstić information content (AvgIpc) is 3.10. The van der Waals surface area contributed by atoms with Gasteiger partial charge in [-0.2, -0.15) is 0 Å².